The number of ether oxygens (including phenoxy) is 2. The van der Waals surface area contributed by atoms with E-state index in [0.29, 0.717) is 61.9 Å². The molecule has 4 atom stereocenters. The Bertz CT molecular complexity index is 3080. The lowest BCUT2D eigenvalue weighted by atomic mass is 9.87. The van der Waals surface area contributed by atoms with E-state index in [2.05, 4.69) is 52.7 Å². The molecule has 0 aliphatic carbocycles. The van der Waals surface area contributed by atoms with E-state index in [1.807, 2.05) is 72.8 Å². The van der Waals surface area contributed by atoms with E-state index in [9.17, 15) is 19.2 Å². The van der Waals surface area contributed by atoms with Crippen LogP contribution in [0.2, 0.25) is 0 Å². The highest BCUT2D eigenvalue weighted by atomic mass is 16.5. The van der Waals surface area contributed by atoms with Gasteiger partial charge in [-0.3, -0.25) is 19.2 Å². The van der Waals surface area contributed by atoms with Crippen LogP contribution in [-0.4, -0.2) is 86.4 Å². The molecular weight excluding hydrogens is 913 g/mol. The van der Waals surface area contributed by atoms with Crippen LogP contribution < -0.4 is 20.1 Å². The number of nitrogens with zero attached hydrogens (tertiary/aromatic N) is 8. The van der Waals surface area contributed by atoms with Gasteiger partial charge in [0.15, 0.2) is 0 Å². The van der Waals surface area contributed by atoms with Crippen molar-refractivity contribution >= 4 is 23.6 Å². The first-order valence-corrected chi connectivity index (χ1v) is 23.9. The maximum Gasteiger partial charge on any atom is 0.255 e. The summed E-state index contributed by atoms with van der Waals surface area (Å²) in [5, 5.41) is 5.86. The fourth-order valence-corrected chi connectivity index (χ4v) is 10.4. The van der Waals surface area contributed by atoms with Crippen molar-refractivity contribution in [3.8, 4) is 45.1 Å². The van der Waals surface area contributed by atoms with Gasteiger partial charge in [0.1, 0.15) is 61.1 Å². The van der Waals surface area contributed by atoms with Crippen LogP contribution in [-0.2, 0) is 22.8 Å². The zero-order valence-electron chi connectivity index (χ0n) is 38.7. The molecule has 358 valence electrons. The molecule has 18 nitrogen and oxygen atoms in total. The van der Waals surface area contributed by atoms with E-state index >= 15 is 0 Å². The van der Waals surface area contributed by atoms with Gasteiger partial charge in [0, 0.05) is 71.3 Å². The Labute approximate surface area is 412 Å². The lowest BCUT2D eigenvalue weighted by Gasteiger charge is -2.30. The molecule has 0 spiro atoms. The normalized spacial score (nSPS) is 17.3. The summed E-state index contributed by atoms with van der Waals surface area (Å²) in [6.07, 6.45) is 14.9. The number of carbonyl (C=O) groups is 4. The van der Waals surface area contributed by atoms with E-state index in [1.54, 1.807) is 22.2 Å². The number of nitrogens with one attached hydrogen (secondary N) is 4. The summed E-state index contributed by atoms with van der Waals surface area (Å²) in [5.41, 5.74) is 9.06. The minimum absolute atomic E-state index is 0.231. The van der Waals surface area contributed by atoms with E-state index in [0.717, 1.165) is 69.1 Å². The first-order chi connectivity index (χ1) is 35.3. The average molecular weight is 959 g/mol. The van der Waals surface area contributed by atoms with Gasteiger partial charge in [-0.2, -0.15) is 0 Å². The van der Waals surface area contributed by atoms with Gasteiger partial charge in [-0.05, 0) is 61.1 Å². The van der Waals surface area contributed by atoms with Gasteiger partial charge >= 0.3 is 0 Å². The van der Waals surface area contributed by atoms with Gasteiger partial charge in [0.25, 0.3) is 11.8 Å². The predicted molar refractivity (Wildman–Crippen MR) is 260 cm³/mol. The average Bonchev–Trinajstić information content (AvgIpc) is 4.30. The summed E-state index contributed by atoms with van der Waals surface area (Å²) >= 11 is 0. The highest BCUT2D eigenvalue weighted by Gasteiger charge is 2.39. The topological polar surface area (TPSA) is 226 Å². The number of amides is 4. The van der Waals surface area contributed by atoms with E-state index in [1.165, 1.54) is 37.4 Å². The second-order valence-corrected chi connectivity index (χ2v) is 18.2. The third kappa shape index (κ3) is 8.25. The number of likely N-dealkylation sites (tertiary alicyclic amines) is 2. The molecule has 4 N–H and O–H groups in total. The maximum absolute atomic E-state index is 14.4. The minimum Gasteiger partial charge on any atom is -0.488 e. The standard InChI is InChI=1S/C54H46N12O6/c67-51(37-21-55-29-56-22-37)63-47(31-9-3-1-4-10-31)53(69)65-15-7-13-41(65)49-59-25-39(61-49)33-17-35-27-72-44-20-34(18-36-28-71-43(19-33)45(35)46(36)44)40-26-60-50(62-40)42-14-8-16-66(42)54(70)48(32-11-5-2-6-12-32)64-52(68)38-23-57-30-58-24-38/h1-6,9-12,17-26,29-30,41-42,47-48H,7-8,13-16,27-28H2,(H,59,61)(H,60,62)(H,63,67)(H,64,68)/t41-,42-,47+,48+/m0/s1. The smallest absolute Gasteiger partial charge is 0.255 e. The zero-order chi connectivity index (χ0) is 48.7. The molecule has 72 heavy (non-hydrogen) atoms. The number of hydrogen-bond donors (Lipinski definition) is 4. The van der Waals surface area contributed by atoms with Crippen LogP contribution >= 0.6 is 0 Å². The van der Waals surface area contributed by atoms with Gasteiger partial charge in [-0.25, -0.2) is 29.9 Å². The largest absolute Gasteiger partial charge is 0.488 e. The Balaban J connectivity index is 0.769. The van der Waals surface area contributed by atoms with E-state index in [-0.39, 0.29) is 35.0 Å². The number of benzene rings is 4. The quantitative estimate of drug-likeness (QED) is 0.0957. The lowest BCUT2D eigenvalue weighted by molar-refractivity contribution is -0.135. The SMILES string of the molecule is O=C(N[C@@H](C(=O)N1CCC[C@H]1c1ncc(-c2cc3c4c(c2)OCc2cc(-c5cnc([C@@H]6CCCN6C(=O)[C@H](NC(=O)c6cncnc6)c6ccccc6)[nH]5)cc(c2-4)OC3)[nH]1)c1ccccc1)c1cncnc1. The van der Waals surface area contributed by atoms with Crippen LogP contribution in [0.4, 0.5) is 0 Å². The second kappa shape index (κ2) is 18.7. The number of imidazole rings is 2. The van der Waals surface area contributed by atoms with Crippen LogP contribution in [0, 0.1) is 0 Å². The second-order valence-electron chi connectivity index (χ2n) is 18.2. The Morgan fingerprint density at radius 2 is 0.972 bits per heavy atom. The molecule has 4 aromatic heterocycles. The zero-order valence-corrected chi connectivity index (χ0v) is 38.7. The van der Waals surface area contributed by atoms with Crippen molar-refractivity contribution in [2.45, 2.75) is 63.1 Å². The summed E-state index contributed by atoms with van der Waals surface area (Å²) < 4.78 is 13.0. The molecule has 0 radical (unpaired) electrons. The minimum atomic E-state index is -0.931. The summed E-state index contributed by atoms with van der Waals surface area (Å²) in [6, 6.07) is 24.1. The van der Waals surface area contributed by atoms with Crippen molar-refractivity contribution in [2.75, 3.05) is 13.1 Å². The number of H-pyrrole nitrogens is 2. The first-order valence-electron chi connectivity index (χ1n) is 23.9. The molecule has 4 aliphatic rings. The predicted octanol–water partition coefficient (Wildman–Crippen LogP) is 7.17. The van der Waals surface area contributed by atoms with Crippen LogP contribution in [0.5, 0.6) is 11.5 Å². The highest BCUT2D eigenvalue weighted by molar-refractivity contribution is 5.98. The fraction of sp³-hybridized carbons (Fsp3) is 0.222. The van der Waals surface area contributed by atoms with Crippen molar-refractivity contribution in [2.24, 2.45) is 0 Å². The fourth-order valence-electron chi connectivity index (χ4n) is 10.4. The van der Waals surface area contributed by atoms with Gasteiger partial charge in [0.2, 0.25) is 11.8 Å². The molecule has 4 aromatic carbocycles. The molecule has 4 aliphatic heterocycles. The number of carbonyl (C=O) groups excluding carboxylic acids is 4. The molecule has 2 fully saturated rings. The highest BCUT2D eigenvalue weighted by Crippen LogP contribution is 2.51. The molecule has 8 heterocycles. The van der Waals surface area contributed by atoms with Crippen LogP contribution in [0.3, 0.4) is 0 Å². The molecule has 0 unspecified atom stereocenters. The molecule has 8 aromatic rings. The lowest BCUT2D eigenvalue weighted by Crippen LogP contribution is -2.43. The Morgan fingerprint density at radius 3 is 1.39 bits per heavy atom. The van der Waals surface area contributed by atoms with Crippen LogP contribution in [0.25, 0.3) is 33.6 Å². The van der Waals surface area contributed by atoms with Crippen molar-refractivity contribution in [1.82, 2.24) is 60.3 Å². The summed E-state index contributed by atoms with van der Waals surface area (Å²) in [7, 11) is 0. The summed E-state index contributed by atoms with van der Waals surface area (Å²) in [4.78, 5) is 91.6. The molecular formula is C54H46N12O6. The molecule has 2 saturated heterocycles. The van der Waals surface area contributed by atoms with E-state index in [4.69, 9.17) is 19.4 Å². The number of rotatable bonds is 12. The van der Waals surface area contributed by atoms with Crippen LogP contribution in [0.15, 0.2) is 135 Å². The van der Waals surface area contributed by atoms with Gasteiger partial charge in [-0.1, -0.05) is 60.7 Å². The maximum atomic E-state index is 14.4. The third-order valence-electron chi connectivity index (χ3n) is 13.9. The molecule has 12 rings (SSSR count). The van der Waals surface area contributed by atoms with Crippen molar-refractivity contribution in [3.05, 3.63) is 180 Å². The van der Waals surface area contributed by atoms with Crippen molar-refractivity contribution in [1.29, 1.82) is 0 Å². The summed E-state index contributed by atoms with van der Waals surface area (Å²) in [5.74, 6) is 1.44. The van der Waals surface area contributed by atoms with Crippen molar-refractivity contribution in [3.63, 3.8) is 0 Å². The molecule has 0 saturated carbocycles. The third-order valence-corrected chi connectivity index (χ3v) is 13.9. The number of hydrogen-bond acceptors (Lipinski definition) is 12. The van der Waals surface area contributed by atoms with Gasteiger partial charge < -0.3 is 39.9 Å². The van der Waals surface area contributed by atoms with Gasteiger partial charge in [-0.15, -0.1) is 0 Å². The van der Waals surface area contributed by atoms with Gasteiger partial charge in [0.05, 0.1) is 47.0 Å². The number of aromatic nitrogens is 8. The van der Waals surface area contributed by atoms with Crippen LogP contribution in [0.1, 0.15) is 104 Å². The van der Waals surface area contributed by atoms with Crippen molar-refractivity contribution < 1.29 is 28.7 Å². The summed E-state index contributed by atoms with van der Waals surface area (Å²) in [6.45, 7) is 1.65. The Kier molecular flexibility index (Phi) is 11.5. The van der Waals surface area contributed by atoms with E-state index < -0.39 is 23.9 Å². The molecule has 18 heteroatoms. The number of aromatic amines is 2. The first kappa shape index (κ1) is 44.2. The Hall–Kier alpha value is -9.06. The molecule has 4 amide bonds. The Morgan fingerprint density at radius 1 is 0.556 bits per heavy atom. The monoisotopic (exact) mass is 958 g/mol. The molecule has 0 bridgehead atoms.